The van der Waals surface area contributed by atoms with Gasteiger partial charge in [0.15, 0.2) is 4.96 Å². The molecule has 21 heavy (non-hydrogen) atoms. The molecule has 0 aliphatic heterocycles. The number of nitrogens with zero attached hydrogens (tertiary/aromatic N) is 2. The summed E-state index contributed by atoms with van der Waals surface area (Å²) in [5.74, 6) is 0.0260. The topological polar surface area (TPSA) is 66.6 Å². The molecule has 1 amide bonds. The van der Waals surface area contributed by atoms with Gasteiger partial charge >= 0.3 is 0 Å². The Kier molecular flexibility index (Phi) is 5.00. The fourth-order valence-corrected chi connectivity index (χ4v) is 3.20. The number of aliphatic hydroxyl groups is 1. The molecule has 0 aliphatic carbocycles. The molecule has 2 rings (SSSR count). The number of aliphatic hydroxyl groups excluding tert-OH is 1. The number of hydrogen-bond acceptors (Lipinski definition) is 4. The number of hydrogen-bond donors (Lipinski definition) is 2. The summed E-state index contributed by atoms with van der Waals surface area (Å²) in [6.45, 7) is 6.98. The van der Waals surface area contributed by atoms with Crippen LogP contribution in [0.25, 0.3) is 4.96 Å². The number of nitrogens with one attached hydrogen (secondary N) is 1. The second-order valence-corrected chi connectivity index (χ2v) is 7.04. The standard InChI is InChI=1S/C15H23N3O2S/c1-11-8-18-12(9-21-14(18)17-11)7-13(20)16-10-15(2,3)5-4-6-19/h8-9,19H,4-7,10H2,1-3H3,(H,16,20). The number of fused-ring (bicyclic) bond motifs is 1. The molecule has 0 aromatic carbocycles. The van der Waals surface area contributed by atoms with Crippen molar-refractivity contribution in [3.8, 4) is 0 Å². The predicted octanol–water partition coefficient (Wildman–Crippen LogP) is 2.16. The summed E-state index contributed by atoms with van der Waals surface area (Å²) in [4.78, 5) is 17.4. The number of carbonyl (C=O) groups is 1. The van der Waals surface area contributed by atoms with Gasteiger partial charge in [-0.05, 0) is 25.2 Å². The van der Waals surface area contributed by atoms with E-state index in [1.54, 1.807) is 11.3 Å². The molecule has 0 aliphatic rings. The highest BCUT2D eigenvalue weighted by molar-refractivity contribution is 7.15. The van der Waals surface area contributed by atoms with Crippen molar-refractivity contribution in [1.82, 2.24) is 14.7 Å². The number of aromatic nitrogens is 2. The Balaban J connectivity index is 1.90. The van der Waals surface area contributed by atoms with Crippen LogP contribution < -0.4 is 5.32 Å². The summed E-state index contributed by atoms with van der Waals surface area (Å²) in [6, 6.07) is 0. The Bertz CT molecular complexity index is 615. The number of carbonyl (C=O) groups excluding carboxylic acids is 1. The molecular formula is C15H23N3O2S. The molecule has 0 saturated heterocycles. The highest BCUT2D eigenvalue weighted by Gasteiger charge is 2.19. The summed E-state index contributed by atoms with van der Waals surface area (Å²) in [7, 11) is 0. The Morgan fingerprint density at radius 2 is 2.29 bits per heavy atom. The molecular weight excluding hydrogens is 286 g/mol. The average molecular weight is 309 g/mol. The first kappa shape index (κ1) is 16.0. The van der Waals surface area contributed by atoms with E-state index in [1.807, 2.05) is 22.9 Å². The molecule has 0 atom stereocenters. The fraction of sp³-hybridized carbons (Fsp3) is 0.600. The summed E-state index contributed by atoms with van der Waals surface area (Å²) in [6.07, 6.45) is 3.99. The molecule has 5 nitrogen and oxygen atoms in total. The van der Waals surface area contributed by atoms with E-state index >= 15 is 0 Å². The summed E-state index contributed by atoms with van der Waals surface area (Å²) >= 11 is 1.56. The molecule has 2 N–H and O–H groups in total. The second kappa shape index (κ2) is 6.58. The van der Waals surface area contributed by atoms with Crippen molar-refractivity contribution < 1.29 is 9.90 Å². The van der Waals surface area contributed by atoms with E-state index in [0.717, 1.165) is 29.2 Å². The highest BCUT2D eigenvalue weighted by atomic mass is 32.1. The average Bonchev–Trinajstić information content (AvgIpc) is 2.95. The van der Waals surface area contributed by atoms with Gasteiger partial charge in [0, 0.05) is 30.4 Å². The maximum atomic E-state index is 12.1. The van der Waals surface area contributed by atoms with Crippen molar-refractivity contribution in [2.24, 2.45) is 5.41 Å². The van der Waals surface area contributed by atoms with Crippen LogP contribution >= 0.6 is 11.3 Å². The van der Waals surface area contributed by atoms with Crippen molar-refractivity contribution in [1.29, 1.82) is 0 Å². The lowest BCUT2D eigenvalue weighted by molar-refractivity contribution is -0.120. The lowest BCUT2D eigenvalue weighted by atomic mass is 9.88. The number of amides is 1. The van der Waals surface area contributed by atoms with Crippen LogP contribution in [-0.4, -0.2) is 33.6 Å². The molecule has 2 aromatic rings. The Labute approximate surface area is 129 Å². The maximum Gasteiger partial charge on any atom is 0.226 e. The zero-order valence-electron chi connectivity index (χ0n) is 12.8. The third-order valence-electron chi connectivity index (χ3n) is 3.52. The van der Waals surface area contributed by atoms with Crippen LogP contribution in [0.3, 0.4) is 0 Å². The molecule has 0 saturated carbocycles. The molecule has 116 valence electrons. The van der Waals surface area contributed by atoms with Gasteiger partial charge in [0.1, 0.15) is 0 Å². The van der Waals surface area contributed by atoms with Gasteiger partial charge in [-0.1, -0.05) is 13.8 Å². The van der Waals surface area contributed by atoms with E-state index in [4.69, 9.17) is 5.11 Å². The fourth-order valence-electron chi connectivity index (χ4n) is 2.28. The van der Waals surface area contributed by atoms with Gasteiger partial charge in [0.05, 0.1) is 12.1 Å². The van der Waals surface area contributed by atoms with E-state index < -0.39 is 0 Å². The normalized spacial score (nSPS) is 12.0. The van der Waals surface area contributed by atoms with Crippen molar-refractivity contribution in [2.75, 3.05) is 13.2 Å². The van der Waals surface area contributed by atoms with Crippen LogP contribution in [0.15, 0.2) is 11.6 Å². The number of rotatable bonds is 7. The minimum atomic E-state index is 0.00789. The van der Waals surface area contributed by atoms with Gasteiger partial charge in [-0.2, -0.15) is 0 Å². The first-order valence-electron chi connectivity index (χ1n) is 7.21. The maximum absolute atomic E-state index is 12.1. The lowest BCUT2D eigenvalue weighted by Crippen LogP contribution is -2.35. The monoisotopic (exact) mass is 309 g/mol. The van der Waals surface area contributed by atoms with E-state index in [1.165, 1.54) is 0 Å². The quantitative estimate of drug-likeness (QED) is 0.823. The molecule has 0 unspecified atom stereocenters. The van der Waals surface area contributed by atoms with Crippen molar-refractivity contribution >= 4 is 22.2 Å². The first-order chi connectivity index (χ1) is 9.91. The predicted molar refractivity (Wildman–Crippen MR) is 84.6 cm³/mol. The summed E-state index contributed by atoms with van der Waals surface area (Å²) in [5.41, 5.74) is 1.95. The van der Waals surface area contributed by atoms with Crippen molar-refractivity contribution in [2.45, 2.75) is 40.0 Å². The van der Waals surface area contributed by atoms with Crippen LogP contribution in [0.2, 0.25) is 0 Å². The lowest BCUT2D eigenvalue weighted by Gasteiger charge is -2.24. The number of imidazole rings is 1. The summed E-state index contributed by atoms with van der Waals surface area (Å²) in [5, 5.41) is 13.9. The zero-order valence-corrected chi connectivity index (χ0v) is 13.7. The Morgan fingerprint density at radius 1 is 1.52 bits per heavy atom. The molecule has 0 fully saturated rings. The number of thiazole rings is 1. The minimum absolute atomic E-state index is 0.00789. The SMILES string of the molecule is Cc1cn2c(CC(=O)NCC(C)(C)CCCO)csc2n1. The zero-order chi connectivity index (χ0) is 15.5. The highest BCUT2D eigenvalue weighted by Crippen LogP contribution is 2.21. The van der Waals surface area contributed by atoms with Gasteiger partial charge in [0.25, 0.3) is 0 Å². The molecule has 0 spiro atoms. The van der Waals surface area contributed by atoms with E-state index in [2.05, 4.69) is 24.1 Å². The van der Waals surface area contributed by atoms with Crippen LogP contribution in [0.4, 0.5) is 0 Å². The van der Waals surface area contributed by atoms with Crippen LogP contribution in [0.5, 0.6) is 0 Å². The molecule has 2 heterocycles. The first-order valence-corrected chi connectivity index (χ1v) is 8.09. The van der Waals surface area contributed by atoms with Crippen molar-refractivity contribution in [3.63, 3.8) is 0 Å². The molecule has 0 bridgehead atoms. The van der Waals surface area contributed by atoms with Crippen LogP contribution in [-0.2, 0) is 11.2 Å². The summed E-state index contributed by atoms with van der Waals surface area (Å²) < 4.78 is 1.98. The van der Waals surface area contributed by atoms with E-state index in [0.29, 0.717) is 13.0 Å². The Hall–Kier alpha value is -1.40. The van der Waals surface area contributed by atoms with E-state index in [9.17, 15) is 4.79 Å². The van der Waals surface area contributed by atoms with Gasteiger partial charge in [0.2, 0.25) is 5.91 Å². The molecule has 0 radical (unpaired) electrons. The molecule has 2 aromatic heterocycles. The van der Waals surface area contributed by atoms with Gasteiger partial charge in [-0.15, -0.1) is 11.3 Å². The van der Waals surface area contributed by atoms with Crippen LogP contribution in [0.1, 0.15) is 38.1 Å². The smallest absolute Gasteiger partial charge is 0.226 e. The largest absolute Gasteiger partial charge is 0.396 e. The van der Waals surface area contributed by atoms with Gasteiger partial charge in [-0.3, -0.25) is 9.20 Å². The van der Waals surface area contributed by atoms with Gasteiger partial charge < -0.3 is 10.4 Å². The van der Waals surface area contributed by atoms with Crippen molar-refractivity contribution in [3.05, 3.63) is 23.0 Å². The van der Waals surface area contributed by atoms with E-state index in [-0.39, 0.29) is 17.9 Å². The third-order valence-corrected chi connectivity index (χ3v) is 4.41. The third kappa shape index (κ3) is 4.28. The van der Waals surface area contributed by atoms with Crippen LogP contribution in [0, 0.1) is 12.3 Å². The molecule has 6 heteroatoms. The second-order valence-electron chi connectivity index (χ2n) is 6.21. The van der Waals surface area contributed by atoms with Gasteiger partial charge in [-0.25, -0.2) is 4.98 Å². The minimum Gasteiger partial charge on any atom is -0.396 e. The number of aryl methyl sites for hydroxylation is 1. The Morgan fingerprint density at radius 3 is 3.00 bits per heavy atom.